The van der Waals surface area contributed by atoms with Gasteiger partial charge in [-0.15, -0.1) is 0 Å². The van der Waals surface area contributed by atoms with E-state index in [2.05, 4.69) is 5.32 Å². The second-order valence-electron chi connectivity index (χ2n) is 7.33. The van der Waals surface area contributed by atoms with Gasteiger partial charge in [-0.1, -0.05) is 12.2 Å². The number of aliphatic hydroxyl groups excluding tert-OH is 1. The van der Waals surface area contributed by atoms with Crippen LogP contribution < -0.4 is 5.32 Å². The molecule has 0 spiro atoms. The molecule has 25 heavy (non-hydrogen) atoms. The number of cyclic esters (lactones) is 1. The van der Waals surface area contributed by atoms with Gasteiger partial charge in [-0.25, -0.2) is 0 Å². The quantitative estimate of drug-likeness (QED) is 0.343. The minimum absolute atomic E-state index is 0.0593. The summed E-state index contributed by atoms with van der Waals surface area (Å²) in [6, 6.07) is 0. The molecule has 0 bridgehead atoms. The van der Waals surface area contributed by atoms with E-state index in [1.165, 1.54) is 0 Å². The van der Waals surface area contributed by atoms with Gasteiger partial charge in [0.05, 0.1) is 17.9 Å². The summed E-state index contributed by atoms with van der Waals surface area (Å²) in [6.45, 7) is 7.02. The SMILES string of the molecule is CC(C)=C1NC(=O)[C@](C/C=C/CC(C)O)([C@@H]2CC(=O)O[C@H](C)C2)C1=O. The van der Waals surface area contributed by atoms with Crippen molar-refractivity contribution >= 4 is 17.7 Å². The summed E-state index contributed by atoms with van der Waals surface area (Å²) in [5, 5.41) is 12.1. The highest BCUT2D eigenvalue weighted by atomic mass is 16.5. The summed E-state index contributed by atoms with van der Waals surface area (Å²) in [5.74, 6) is -1.36. The van der Waals surface area contributed by atoms with Crippen molar-refractivity contribution in [2.24, 2.45) is 11.3 Å². The lowest BCUT2D eigenvalue weighted by Crippen LogP contribution is -2.46. The van der Waals surface area contributed by atoms with Gasteiger partial charge in [0.15, 0.2) is 5.78 Å². The van der Waals surface area contributed by atoms with Gasteiger partial charge in [-0.05, 0) is 58.4 Å². The molecular formula is C19H27NO5. The Kier molecular flexibility index (Phi) is 5.83. The van der Waals surface area contributed by atoms with E-state index in [4.69, 9.17) is 4.74 Å². The van der Waals surface area contributed by atoms with Crippen molar-refractivity contribution < 1.29 is 24.2 Å². The number of carbonyl (C=O) groups is 3. The van der Waals surface area contributed by atoms with Gasteiger partial charge in [0.1, 0.15) is 5.41 Å². The molecule has 2 aliphatic rings. The Balaban J connectivity index is 2.40. The molecule has 0 aromatic heterocycles. The number of esters is 1. The zero-order chi connectivity index (χ0) is 18.8. The van der Waals surface area contributed by atoms with Crippen LogP contribution in [0.5, 0.6) is 0 Å². The number of hydrogen-bond acceptors (Lipinski definition) is 5. The van der Waals surface area contributed by atoms with Gasteiger partial charge < -0.3 is 15.2 Å². The second kappa shape index (κ2) is 7.52. The van der Waals surface area contributed by atoms with Crippen LogP contribution in [0.2, 0.25) is 0 Å². The van der Waals surface area contributed by atoms with Crippen molar-refractivity contribution in [3.8, 4) is 0 Å². The smallest absolute Gasteiger partial charge is 0.306 e. The number of rotatable bonds is 5. The van der Waals surface area contributed by atoms with Crippen LogP contribution in [-0.4, -0.2) is 35.0 Å². The standard InChI is InChI=1S/C19H27NO5/c1-11(2)16-17(23)19(18(24)20-16,8-6-5-7-12(3)21)14-9-13(4)25-15(22)10-14/h5-6,12-14,21H,7-10H2,1-4H3,(H,20,24)/b6-5+/t12?,13-,14+,19-/m1/s1. The lowest BCUT2D eigenvalue weighted by atomic mass is 9.66. The van der Waals surface area contributed by atoms with E-state index in [9.17, 15) is 19.5 Å². The van der Waals surface area contributed by atoms with Crippen LogP contribution in [0.15, 0.2) is 23.4 Å². The molecular weight excluding hydrogens is 322 g/mol. The molecule has 0 aromatic rings. The van der Waals surface area contributed by atoms with Crippen molar-refractivity contribution in [3.05, 3.63) is 23.4 Å². The number of nitrogens with one attached hydrogen (secondary N) is 1. The molecule has 2 rings (SSSR count). The Bertz CT molecular complexity index is 630. The maximum absolute atomic E-state index is 13.1. The minimum Gasteiger partial charge on any atom is -0.463 e. The summed E-state index contributed by atoms with van der Waals surface area (Å²) in [4.78, 5) is 37.9. The predicted octanol–water partition coefficient (Wildman–Crippen LogP) is 2.02. The number of hydrogen-bond donors (Lipinski definition) is 2. The Hall–Kier alpha value is -1.95. The van der Waals surface area contributed by atoms with E-state index in [0.29, 0.717) is 18.5 Å². The molecule has 2 heterocycles. The van der Waals surface area contributed by atoms with Gasteiger partial charge in [0.25, 0.3) is 0 Å². The van der Waals surface area contributed by atoms with E-state index in [1.54, 1.807) is 39.8 Å². The zero-order valence-corrected chi connectivity index (χ0v) is 15.3. The minimum atomic E-state index is -1.28. The number of ether oxygens (including phenoxy) is 1. The Morgan fingerprint density at radius 1 is 1.36 bits per heavy atom. The van der Waals surface area contributed by atoms with Gasteiger partial charge >= 0.3 is 5.97 Å². The first-order chi connectivity index (χ1) is 11.7. The molecule has 0 radical (unpaired) electrons. The van der Waals surface area contributed by atoms with Crippen molar-refractivity contribution in [1.29, 1.82) is 0 Å². The third-order valence-electron chi connectivity index (χ3n) is 4.92. The van der Waals surface area contributed by atoms with Gasteiger partial charge in [0, 0.05) is 6.42 Å². The normalized spacial score (nSPS) is 31.2. The van der Waals surface area contributed by atoms with E-state index in [-0.39, 0.29) is 36.6 Å². The molecule has 6 heteroatoms. The van der Waals surface area contributed by atoms with Crippen LogP contribution in [0, 0.1) is 11.3 Å². The van der Waals surface area contributed by atoms with Crippen molar-refractivity contribution in [2.45, 2.75) is 65.6 Å². The zero-order valence-electron chi connectivity index (χ0n) is 15.3. The fourth-order valence-electron chi connectivity index (χ4n) is 3.63. The monoisotopic (exact) mass is 349 g/mol. The predicted molar refractivity (Wildman–Crippen MR) is 92.3 cm³/mol. The molecule has 138 valence electrons. The Labute approximate surface area is 148 Å². The number of ketones is 1. The van der Waals surface area contributed by atoms with Crippen LogP contribution in [-0.2, 0) is 19.1 Å². The van der Waals surface area contributed by atoms with Crippen LogP contribution >= 0.6 is 0 Å². The van der Waals surface area contributed by atoms with E-state index in [1.807, 2.05) is 0 Å². The fraction of sp³-hybridized carbons (Fsp3) is 0.632. The van der Waals surface area contributed by atoms with Crippen LogP contribution in [0.4, 0.5) is 0 Å². The molecule has 6 nitrogen and oxygen atoms in total. The molecule has 0 saturated carbocycles. The fourth-order valence-corrected chi connectivity index (χ4v) is 3.63. The molecule has 0 aliphatic carbocycles. The third-order valence-corrected chi connectivity index (χ3v) is 4.92. The van der Waals surface area contributed by atoms with E-state index >= 15 is 0 Å². The third kappa shape index (κ3) is 3.84. The first kappa shape index (κ1) is 19.4. The first-order valence-electron chi connectivity index (χ1n) is 8.74. The molecule has 2 fully saturated rings. The Morgan fingerprint density at radius 2 is 2.04 bits per heavy atom. The van der Waals surface area contributed by atoms with E-state index < -0.39 is 17.4 Å². The number of Topliss-reactive ketones (excluding diaryl/α,β-unsaturated/α-hetero) is 1. The number of amides is 1. The van der Waals surface area contributed by atoms with Gasteiger partial charge in [-0.3, -0.25) is 14.4 Å². The highest BCUT2D eigenvalue weighted by Crippen LogP contribution is 2.46. The highest BCUT2D eigenvalue weighted by Gasteiger charge is 2.58. The van der Waals surface area contributed by atoms with Crippen molar-refractivity contribution in [2.75, 3.05) is 0 Å². The van der Waals surface area contributed by atoms with Gasteiger partial charge in [0.2, 0.25) is 5.91 Å². The first-order valence-corrected chi connectivity index (χ1v) is 8.74. The van der Waals surface area contributed by atoms with Crippen LogP contribution in [0.25, 0.3) is 0 Å². The average molecular weight is 349 g/mol. The Morgan fingerprint density at radius 3 is 2.56 bits per heavy atom. The van der Waals surface area contributed by atoms with E-state index in [0.717, 1.165) is 5.57 Å². The number of carbonyl (C=O) groups excluding carboxylic acids is 3. The van der Waals surface area contributed by atoms with Crippen molar-refractivity contribution in [1.82, 2.24) is 5.32 Å². The largest absolute Gasteiger partial charge is 0.463 e. The lowest BCUT2D eigenvalue weighted by molar-refractivity contribution is -0.161. The molecule has 2 aliphatic heterocycles. The molecule has 2 saturated heterocycles. The number of allylic oxidation sites excluding steroid dienone is 3. The molecule has 1 amide bonds. The number of aliphatic hydroxyl groups is 1. The molecule has 2 N–H and O–H groups in total. The highest BCUT2D eigenvalue weighted by molar-refractivity contribution is 6.21. The summed E-state index contributed by atoms with van der Waals surface area (Å²) < 4.78 is 5.18. The van der Waals surface area contributed by atoms with Crippen LogP contribution in [0.1, 0.15) is 53.4 Å². The summed E-state index contributed by atoms with van der Waals surface area (Å²) in [7, 11) is 0. The molecule has 4 atom stereocenters. The maximum atomic E-state index is 13.1. The maximum Gasteiger partial charge on any atom is 0.306 e. The molecule has 0 aromatic carbocycles. The topological polar surface area (TPSA) is 92.7 Å². The second-order valence-corrected chi connectivity index (χ2v) is 7.33. The van der Waals surface area contributed by atoms with Crippen LogP contribution in [0.3, 0.4) is 0 Å². The molecule has 1 unspecified atom stereocenters. The lowest BCUT2D eigenvalue weighted by Gasteiger charge is -2.36. The summed E-state index contributed by atoms with van der Waals surface area (Å²) in [6.07, 6.45) is 3.94. The summed E-state index contributed by atoms with van der Waals surface area (Å²) >= 11 is 0. The average Bonchev–Trinajstić information content (AvgIpc) is 2.75. The van der Waals surface area contributed by atoms with Crippen molar-refractivity contribution in [3.63, 3.8) is 0 Å². The van der Waals surface area contributed by atoms with Gasteiger partial charge in [-0.2, -0.15) is 0 Å². The summed E-state index contributed by atoms with van der Waals surface area (Å²) in [5.41, 5.74) is -0.199.